The van der Waals surface area contributed by atoms with Gasteiger partial charge in [-0.25, -0.2) is 8.78 Å². The van der Waals surface area contributed by atoms with E-state index in [0.29, 0.717) is 6.54 Å². The zero-order valence-corrected chi connectivity index (χ0v) is 8.76. The van der Waals surface area contributed by atoms with E-state index in [0.717, 1.165) is 5.56 Å². The summed E-state index contributed by atoms with van der Waals surface area (Å²) in [5.41, 5.74) is 2.36. The van der Waals surface area contributed by atoms with Gasteiger partial charge in [0.05, 0.1) is 0 Å². The van der Waals surface area contributed by atoms with Crippen LogP contribution in [0.5, 0.6) is 0 Å². The fraction of sp³-hybridized carbons (Fsp3) is 0.500. The van der Waals surface area contributed by atoms with Gasteiger partial charge in [-0.2, -0.15) is 0 Å². The van der Waals surface area contributed by atoms with E-state index in [1.807, 2.05) is 25.1 Å². The zero-order valence-electron chi connectivity index (χ0n) is 8.76. The molecule has 0 aromatic heterocycles. The number of aryl methyl sites for hydroxylation is 1. The second-order valence-electron chi connectivity index (χ2n) is 4.33. The molecule has 3 heteroatoms. The standard InChI is InChI=1S/C12H15F2N/c1-9-3-2-4-10(5-9)8-15-11-6-12(13,14)7-11/h2-5,11,15H,6-8H2,1H3. The molecule has 0 saturated heterocycles. The summed E-state index contributed by atoms with van der Waals surface area (Å²) in [6, 6.07) is 8.09. The van der Waals surface area contributed by atoms with Crippen LogP contribution < -0.4 is 5.32 Å². The first-order valence-electron chi connectivity index (χ1n) is 5.22. The van der Waals surface area contributed by atoms with E-state index in [9.17, 15) is 8.78 Å². The van der Waals surface area contributed by atoms with Crippen molar-refractivity contribution in [3.63, 3.8) is 0 Å². The lowest BCUT2D eigenvalue weighted by Gasteiger charge is -2.35. The Morgan fingerprint density at radius 1 is 1.40 bits per heavy atom. The maximum atomic E-state index is 12.5. The van der Waals surface area contributed by atoms with Gasteiger partial charge in [0.2, 0.25) is 0 Å². The summed E-state index contributed by atoms with van der Waals surface area (Å²) in [5, 5.41) is 3.14. The molecular weight excluding hydrogens is 196 g/mol. The predicted molar refractivity (Wildman–Crippen MR) is 56.0 cm³/mol. The maximum Gasteiger partial charge on any atom is 0.251 e. The lowest BCUT2D eigenvalue weighted by Crippen LogP contribution is -2.48. The van der Waals surface area contributed by atoms with Crippen LogP contribution >= 0.6 is 0 Å². The third kappa shape index (κ3) is 2.75. The topological polar surface area (TPSA) is 12.0 Å². The number of alkyl halides is 2. The minimum Gasteiger partial charge on any atom is -0.309 e. The Balaban J connectivity index is 1.80. The average molecular weight is 211 g/mol. The van der Waals surface area contributed by atoms with Crippen LogP contribution in [-0.4, -0.2) is 12.0 Å². The number of halogens is 2. The van der Waals surface area contributed by atoms with Crippen molar-refractivity contribution in [2.75, 3.05) is 0 Å². The van der Waals surface area contributed by atoms with Gasteiger partial charge < -0.3 is 5.32 Å². The van der Waals surface area contributed by atoms with E-state index in [4.69, 9.17) is 0 Å². The van der Waals surface area contributed by atoms with Gasteiger partial charge in [0.1, 0.15) is 0 Å². The Kier molecular flexibility index (Phi) is 2.74. The molecule has 0 spiro atoms. The molecule has 0 unspecified atom stereocenters. The van der Waals surface area contributed by atoms with E-state index in [1.54, 1.807) is 0 Å². The van der Waals surface area contributed by atoms with Crippen LogP contribution in [-0.2, 0) is 6.54 Å². The van der Waals surface area contributed by atoms with Gasteiger partial charge in [-0.15, -0.1) is 0 Å². The predicted octanol–water partition coefficient (Wildman–Crippen LogP) is 2.88. The molecule has 1 saturated carbocycles. The second kappa shape index (κ2) is 3.89. The number of benzene rings is 1. The van der Waals surface area contributed by atoms with Crippen molar-refractivity contribution < 1.29 is 8.78 Å². The van der Waals surface area contributed by atoms with E-state index < -0.39 is 5.92 Å². The van der Waals surface area contributed by atoms with E-state index in [2.05, 4.69) is 11.4 Å². The van der Waals surface area contributed by atoms with Crippen molar-refractivity contribution in [2.24, 2.45) is 0 Å². The SMILES string of the molecule is Cc1cccc(CNC2CC(F)(F)C2)c1. The molecule has 0 amide bonds. The Labute approximate surface area is 88.5 Å². The van der Waals surface area contributed by atoms with Gasteiger partial charge in [-0.05, 0) is 12.5 Å². The van der Waals surface area contributed by atoms with Crippen molar-refractivity contribution in [1.82, 2.24) is 5.32 Å². The molecule has 1 aliphatic carbocycles. The van der Waals surface area contributed by atoms with Crippen LogP contribution in [0.1, 0.15) is 24.0 Å². The quantitative estimate of drug-likeness (QED) is 0.810. The fourth-order valence-electron chi connectivity index (χ4n) is 1.89. The largest absolute Gasteiger partial charge is 0.309 e. The van der Waals surface area contributed by atoms with Crippen LogP contribution in [0.15, 0.2) is 24.3 Å². The number of hydrogen-bond donors (Lipinski definition) is 1. The lowest BCUT2D eigenvalue weighted by molar-refractivity contribution is -0.0930. The fourth-order valence-corrected chi connectivity index (χ4v) is 1.89. The third-order valence-electron chi connectivity index (χ3n) is 2.77. The molecule has 1 aliphatic rings. The van der Waals surface area contributed by atoms with E-state index >= 15 is 0 Å². The maximum absolute atomic E-state index is 12.5. The van der Waals surface area contributed by atoms with Gasteiger partial charge in [0.25, 0.3) is 5.92 Å². The first kappa shape index (κ1) is 10.6. The van der Waals surface area contributed by atoms with Gasteiger partial charge in [-0.1, -0.05) is 29.8 Å². The Morgan fingerprint density at radius 3 is 2.73 bits per heavy atom. The van der Waals surface area contributed by atoms with Crippen LogP contribution in [0.25, 0.3) is 0 Å². The van der Waals surface area contributed by atoms with Gasteiger partial charge in [0, 0.05) is 25.4 Å². The van der Waals surface area contributed by atoms with Crippen molar-refractivity contribution in [3.8, 4) is 0 Å². The molecule has 15 heavy (non-hydrogen) atoms. The van der Waals surface area contributed by atoms with Crippen LogP contribution in [0.4, 0.5) is 8.78 Å². The Bertz CT molecular complexity index is 341. The minimum atomic E-state index is -2.43. The smallest absolute Gasteiger partial charge is 0.251 e. The summed E-state index contributed by atoms with van der Waals surface area (Å²) in [6.07, 6.45) is -0.0301. The molecule has 0 heterocycles. The van der Waals surface area contributed by atoms with Crippen LogP contribution in [0, 0.1) is 6.92 Å². The van der Waals surface area contributed by atoms with Gasteiger partial charge in [-0.3, -0.25) is 0 Å². The second-order valence-corrected chi connectivity index (χ2v) is 4.33. The molecule has 2 rings (SSSR count). The van der Waals surface area contributed by atoms with Gasteiger partial charge in [0.15, 0.2) is 0 Å². The minimum absolute atomic E-state index is 0.0134. The molecule has 82 valence electrons. The summed E-state index contributed by atoms with van der Waals surface area (Å²) in [7, 11) is 0. The first-order valence-corrected chi connectivity index (χ1v) is 5.22. The first-order chi connectivity index (χ1) is 7.05. The summed E-state index contributed by atoms with van der Waals surface area (Å²) in [6.45, 7) is 2.71. The number of nitrogens with one attached hydrogen (secondary N) is 1. The average Bonchev–Trinajstić information content (AvgIpc) is 2.11. The third-order valence-corrected chi connectivity index (χ3v) is 2.77. The molecule has 0 aliphatic heterocycles. The highest BCUT2D eigenvalue weighted by Crippen LogP contribution is 2.37. The zero-order chi connectivity index (χ0) is 10.9. The number of rotatable bonds is 3. The van der Waals surface area contributed by atoms with E-state index in [-0.39, 0.29) is 18.9 Å². The molecular formula is C12H15F2N. The summed E-state index contributed by atoms with van der Waals surface area (Å²) in [4.78, 5) is 0. The Morgan fingerprint density at radius 2 is 2.13 bits per heavy atom. The molecule has 0 bridgehead atoms. The summed E-state index contributed by atoms with van der Waals surface area (Å²) < 4.78 is 25.1. The number of hydrogen-bond acceptors (Lipinski definition) is 1. The normalized spacial score (nSPS) is 19.9. The van der Waals surface area contributed by atoms with Crippen molar-refractivity contribution in [2.45, 2.75) is 38.3 Å². The highest BCUT2D eigenvalue weighted by Gasteiger charge is 2.44. The Hall–Kier alpha value is -0.960. The van der Waals surface area contributed by atoms with Crippen LogP contribution in [0.3, 0.4) is 0 Å². The monoisotopic (exact) mass is 211 g/mol. The lowest BCUT2D eigenvalue weighted by atomic mass is 9.88. The van der Waals surface area contributed by atoms with Gasteiger partial charge >= 0.3 is 0 Å². The van der Waals surface area contributed by atoms with Crippen molar-refractivity contribution in [3.05, 3.63) is 35.4 Å². The molecule has 0 radical (unpaired) electrons. The molecule has 1 fully saturated rings. The molecule has 1 aromatic rings. The van der Waals surface area contributed by atoms with Crippen molar-refractivity contribution in [1.29, 1.82) is 0 Å². The summed E-state index contributed by atoms with van der Waals surface area (Å²) >= 11 is 0. The van der Waals surface area contributed by atoms with Crippen LogP contribution in [0.2, 0.25) is 0 Å². The molecule has 0 atom stereocenters. The highest BCUT2D eigenvalue weighted by atomic mass is 19.3. The molecule has 1 aromatic carbocycles. The molecule has 1 N–H and O–H groups in total. The highest BCUT2D eigenvalue weighted by molar-refractivity contribution is 5.22. The van der Waals surface area contributed by atoms with Crippen molar-refractivity contribution >= 4 is 0 Å². The summed E-state index contributed by atoms with van der Waals surface area (Å²) in [5.74, 6) is -2.43. The van der Waals surface area contributed by atoms with E-state index in [1.165, 1.54) is 5.56 Å². The molecule has 1 nitrogen and oxygen atoms in total.